The monoisotopic (exact) mass is 158 g/mol. The Balaban J connectivity index is 3.28. The average molecular weight is 158 g/mol. The molecule has 0 rings (SSSR count). The number of rotatable bonds is 7. The van der Waals surface area contributed by atoms with Gasteiger partial charge in [0.15, 0.2) is 0 Å². The second kappa shape index (κ2) is 7.69. The lowest BCUT2D eigenvalue weighted by Gasteiger charge is -2.09. The predicted octanol–water partition coefficient (Wildman–Crippen LogP) is 0.292. The van der Waals surface area contributed by atoms with Crippen molar-refractivity contribution in [3.05, 3.63) is 0 Å². The van der Waals surface area contributed by atoms with Crippen LogP contribution in [0.4, 0.5) is 0 Å². The fourth-order valence-corrected chi connectivity index (χ4v) is 0.989. The minimum atomic E-state index is 0.0338. The molecule has 3 heteroatoms. The second-order valence-electron chi connectivity index (χ2n) is 2.58. The number of unbranched alkanes of at least 4 members (excludes halogenated alkanes) is 1. The number of aldehydes is 1. The number of carbonyl (C=O) groups excluding carboxylic acids is 1. The molecule has 0 amide bonds. The minimum absolute atomic E-state index is 0.0338. The van der Waals surface area contributed by atoms with Crippen molar-refractivity contribution < 1.29 is 4.79 Å². The Morgan fingerprint density at radius 1 is 1.55 bits per heavy atom. The van der Waals surface area contributed by atoms with Crippen LogP contribution in [0.15, 0.2) is 0 Å². The molecule has 3 nitrogen and oxygen atoms in total. The van der Waals surface area contributed by atoms with Gasteiger partial charge in [-0.15, -0.1) is 0 Å². The Morgan fingerprint density at radius 2 is 2.27 bits per heavy atom. The van der Waals surface area contributed by atoms with E-state index in [9.17, 15) is 4.79 Å². The molecule has 0 aromatic rings. The minimum Gasteiger partial charge on any atom is -0.330 e. The van der Waals surface area contributed by atoms with E-state index >= 15 is 0 Å². The summed E-state index contributed by atoms with van der Waals surface area (Å²) >= 11 is 0. The van der Waals surface area contributed by atoms with Gasteiger partial charge in [0, 0.05) is 0 Å². The number of hydrogen-bond acceptors (Lipinski definition) is 3. The summed E-state index contributed by atoms with van der Waals surface area (Å²) in [6, 6.07) is 0.0338. The van der Waals surface area contributed by atoms with E-state index in [0.29, 0.717) is 0 Å². The smallest absolute Gasteiger partial charge is 0.136 e. The van der Waals surface area contributed by atoms with E-state index in [0.717, 1.165) is 38.6 Å². The molecule has 0 radical (unpaired) electrons. The molecular formula is C8H18N2O. The van der Waals surface area contributed by atoms with Crippen LogP contribution >= 0.6 is 0 Å². The largest absolute Gasteiger partial charge is 0.330 e. The molecule has 0 aliphatic heterocycles. The molecule has 0 saturated heterocycles. The highest BCUT2D eigenvalue weighted by Gasteiger charge is 2.02. The molecule has 3 N–H and O–H groups in total. The van der Waals surface area contributed by atoms with Gasteiger partial charge < -0.3 is 15.8 Å². The fourth-order valence-electron chi connectivity index (χ4n) is 0.989. The standard InChI is InChI=1S/C8H18N2O/c1-2-10-8(7-11)5-3-4-6-9/h7-8,10H,2-6,9H2,1H3/t8-/m0/s1. The summed E-state index contributed by atoms with van der Waals surface area (Å²) in [7, 11) is 0. The highest BCUT2D eigenvalue weighted by atomic mass is 16.1. The average Bonchev–Trinajstić information content (AvgIpc) is 2.03. The molecule has 0 aliphatic carbocycles. The molecule has 11 heavy (non-hydrogen) atoms. The zero-order valence-corrected chi connectivity index (χ0v) is 7.18. The van der Waals surface area contributed by atoms with Crippen molar-refractivity contribution in [1.29, 1.82) is 0 Å². The van der Waals surface area contributed by atoms with Crippen LogP contribution in [0, 0.1) is 0 Å². The third-order valence-electron chi connectivity index (χ3n) is 1.60. The van der Waals surface area contributed by atoms with Crippen LogP contribution < -0.4 is 11.1 Å². The lowest BCUT2D eigenvalue weighted by atomic mass is 10.1. The van der Waals surface area contributed by atoms with E-state index in [1.54, 1.807) is 0 Å². The van der Waals surface area contributed by atoms with Crippen LogP contribution in [0.5, 0.6) is 0 Å². The lowest BCUT2D eigenvalue weighted by molar-refractivity contribution is -0.109. The maximum Gasteiger partial charge on any atom is 0.136 e. The Labute approximate surface area is 68.3 Å². The fraction of sp³-hybridized carbons (Fsp3) is 0.875. The molecule has 0 fully saturated rings. The van der Waals surface area contributed by atoms with Crippen LogP contribution in [-0.2, 0) is 4.79 Å². The third-order valence-corrected chi connectivity index (χ3v) is 1.60. The number of nitrogens with one attached hydrogen (secondary N) is 1. The quantitative estimate of drug-likeness (QED) is 0.413. The molecule has 0 aliphatic rings. The third kappa shape index (κ3) is 6.01. The van der Waals surface area contributed by atoms with Crippen molar-refractivity contribution in [3.8, 4) is 0 Å². The highest BCUT2D eigenvalue weighted by molar-refractivity contribution is 5.57. The predicted molar refractivity (Wildman–Crippen MR) is 46.4 cm³/mol. The van der Waals surface area contributed by atoms with Crippen LogP contribution in [0.25, 0.3) is 0 Å². The number of hydrogen-bond donors (Lipinski definition) is 2. The van der Waals surface area contributed by atoms with Gasteiger partial charge in [0.25, 0.3) is 0 Å². The zero-order valence-electron chi connectivity index (χ0n) is 7.18. The topological polar surface area (TPSA) is 55.1 Å². The molecule has 0 heterocycles. The van der Waals surface area contributed by atoms with Gasteiger partial charge in [-0.1, -0.05) is 13.3 Å². The molecule has 0 aromatic heterocycles. The zero-order chi connectivity index (χ0) is 8.53. The van der Waals surface area contributed by atoms with Crippen molar-refractivity contribution in [3.63, 3.8) is 0 Å². The van der Waals surface area contributed by atoms with E-state index in [1.807, 2.05) is 6.92 Å². The van der Waals surface area contributed by atoms with Crippen LogP contribution in [0.3, 0.4) is 0 Å². The summed E-state index contributed by atoms with van der Waals surface area (Å²) < 4.78 is 0. The Hall–Kier alpha value is -0.410. The molecular weight excluding hydrogens is 140 g/mol. The first-order chi connectivity index (χ1) is 5.35. The normalized spacial score (nSPS) is 12.9. The maximum atomic E-state index is 10.4. The Kier molecular flexibility index (Phi) is 7.41. The van der Waals surface area contributed by atoms with Crippen molar-refractivity contribution in [2.75, 3.05) is 13.1 Å². The van der Waals surface area contributed by atoms with Crippen molar-refractivity contribution >= 4 is 6.29 Å². The van der Waals surface area contributed by atoms with Crippen LogP contribution in [-0.4, -0.2) is 25.4 Å². The molecule has 0 bridgehead atoms. The van der Waals surface area contributed by atoms with Gasteiger partial charge in [0.2, 0.25) is 0 Å². The van der Waals surface area contributed by atoms with Crippen molar-refractivity contribution in [2.45, 2.75) is 32.2 Å². The summed E-state index contributed by atoms with van der Waals surface area (Å²) in [6.45, 7) is 3.57. The van der Waals surface area contributed by atoms with Gasteiger partial charge >= 0.3 is 0 Å². The van der Waals surface area contributed by atoms with Gasteiger partial charge in [0.1, 0.15) is 6.29 Å². The first-order valence-electron chi connectivity index (χ1n) is 4.23. The summed E-state index contributed by atoms with van der Waals surface area (Å²) in [5.41, 5.74) is 5.32. The van der Waals surface area contributed by atoms with Gasteiger partial charge in [-0.25, -0.2) is 0 Å². The van der Waals surface area contributed by atoms with Crippen LogP contribution in [0.2, 0.25) is 0 Å². The second-order valence-corrected chi connectivity index (χ2v) is 2.58. The van der Waals surface area contributed by atoms with E-state index in [2.05, 4.69) is 5.32 Å². The lowest BCUT2D eigenvalue weighted by Crippen LogP contribution is -2.30. The van der Waals surface area contributed by atoms with E-state index in [4.69, 9.17) is 5.73 Å². The molecule has 66 valence electrons. The Bertz CT molecular complexity index is 96.1. The first-order valence-corrected chi connectivity index (χ1v) is 4.23. The molecule has 0 saturated carbocycles. The van der Waals surface area contributed by atoms with Gasteiger partial charge in [-0.2, -0.15) is 0 Å². The molecule has 0 spiro atoms. The summed E-state index contributed by atoms with van der Waals surface area (Å²) in [6.07, 6.45) is 3.93. The van der Waals surface area contributed by atoms with Crippen LogP contribution in [0.1, 0.15) is 26.2 Å². The maximum absolute atomic E-state index is 10.4. The summed E-state index contributed by atoms with van der Waals surface area (Å²) in [5.74, 6) is 0. The SMILES string of the molecule is CCN[C@H](C=O)CCCCN. The molecule has 0 aromatic carbocycles. The van der Waals surface area contributed by atoms with Gasteiger partial charge in [-0.3, -0.25) is 0 Å². The molecule has 0 unspecified atom stereocenters. The summed E-state index contributed by atoms with van der Waals surface area (Å²) in [4.78, 5) is 10.4. The van der Waals surface area contributed by atoms with Gasteiger partial charge in [-0.05, 0) is 25.9 Å². The van der Waals surface area contributed by atoms with E-state index in [-0.39, 0.29) is 6.04 Å². The highest BCUT2D eigenvalue weighted by Crippen LogP contribution is 1.97. The number of likely N-dealkylation sites (N-methyl/N-ethyl adjacent to an activating group) is 1. The number of carbonyl (C=O) groups is 1. The summed E-state index contributed by atoms with van der Waals surface area (Å²) in [5, 5.41) is 3.08. The van der Waals surface area contributed by atoms with E-state index < -0.39 is 0 Å². The van der Waals surface area contributed by atoms with Crippen molar-refractivity contribution in [1.82, 2.24) is 5.32 Å². The number of nitrogens with two attached hydrogens (primary N) is 1. The Morgan fingerprint density at radius 3 is 2.73 bits per heavy atom. The van der Waals surface area contributed by atoms with Gasteiger partial charge in [0.05, 0.1) is 6.04 Å². The van der Waals surface area contributed by atoms with Crippen molar-refractivity contribution in [2.24, 2.45) is 5.73 Å². The van der Waals surface area contributed by atoms with E-state index in [1.165, 1.54) is 0 Å². The molecule has 1 atom stereocenters. The first kappa shape index (κ1) is 10.6.